The number of hydrogen-bond donors (Lipinski definition) is 1. The molecule has 1 aromatic rings. The predicted octanol–water partition coefficient (Wildman–Crippen LogP) is 2.73. The van der Waals surface area contributed by atoms with Gasteiger partial charge in [0.15, 0.2) is 0 Å². The van der Waals surface area contributed by atoms with Gasteiger partial charge < -0.3 is 10.1 Å². The monoisotopic (exact) mass is 346 g/mol. The van der Waals surface area contributed by atoms with Crippen LogP contribution in [0.25, 0.3) is 0 Å². The fourth-order valence-corrected chi connectivity index (χ4v) is 2.54. The second-order valence-electron chi connectivity index (χ2n) is 4.56. The third-order valence-corrected chi connectivity index (χ3v) is 3.99. The zero-order valence-electron chi connectivity index (χ0n) is 10.2. The first kappa shape index (κ1) is 13.2. The zero-order valence-corrected chi connectivity index (χ0v) is 12.3. The molecule has 94 valence electrons. The van der Waals surface area contributed by atoms with Gasteiger partial charge in [-0.25, -0.2) is 4.98 Å². The molecule has 3 nitrogen and oxygen atoms in total. The molecule has 1 aliphatic rings. The number of aromatic nitrogens is 1. The molecule has 0 saturated heterocycles. The Labute approximate surface area is 116 Å². The maximum Gasteiger partial charge on any atom is 0.101 e. The van der Waals surface area contributed by atoms with Crippen LogP contribution in [0.1, 0.15) is 31.2 Å². The van der Waals surface area contributed by atoms with Gasteiger partial charge in [0.05, 0.1) is 12.7 Å². The SMILES string of the molecule is CN[C@H]1CC[C@@H](OCc2ccc(I)nc2)CC1. The Kier molecular flexibility index (Phi) is 5.18. The molecule has 0 unspecified atom stereocenters. The van der Waals surface area contributed by atoms with E-state index in [2.05, 4.69) is 39.0 Å². The Hall–Kier alpha value is -0.200. The molecule has 0 bridgehead atoms. The minimum absolute atomic E-state index is 0.430. The number of halogens is 1. The van der Waals surface area contributed by atoms with Crippen LogP contribution in [-0.4, -0.2) is 24.2 Å². The number of hydrogen-bond acceptors (Lipinski definition) is 3. The minimum Gasteiger partial charge on any atom is -0.373 e. The summed E-state index contributed by atoms with van der Waals surface area (Å²) in [6.45, 7) is 0.693. The summed E-state index contributed by atoms with van der Waals surface area (Å²) >= 11 is 2.22. The molecule has 2 rings (SSSR count). The van der Waals surface area contributed by atoms with Gasteiger partial charge in [-0.05, 0) is 67.0 Å². The van der Waals surface area contributed by atoms with Crippen molar-refractivity contribution in [2.24, 2.45) is 0 Å². The van der Waals surface area contributed by atoms with E-state index in [1.807, 2.05) is 19.3 Å². The van der Waals surface area contributed by atoms with Gasteiger partial charge in [-0.2, -0.15) is 0 Å². The highest BCUT2D eigenvalue weighted by Gasteiger charge is 2.20. The largest absolute Gasteiger partial charge is 0.373 e. The molecule has 0 aliphatic heterocycles. The van der Waals surface area contributed by atoms with Crippen LogP contribution in [0.2, 0.25) is 0 Å². The third kappa shape index (κ3) is 4.19. The number of nitrogens with zero attached hydrogens (tertiary/aromatic N) is 1. The van der Waals surface area contributed by atoms with E-state index in [-0.39, 0.29) is 0 Å². The second kappa shape index (κ2) is 6.66. The lowest BCUT2D eigenvalue weighted by Crippen LogP contribution is -2.32. The van der Waals surface area contributed by atoms with Crippen LogP contribution in [0, 0.1) is 3.70 Å². The molecule has 1 N–H and O–H groups in total. The van der Waals surface area contributed by atoms with Gasteiger partial charge in [-0.3, -0.25) is 0 Å². The topological polar surface area (TPSA) is 34.1 Å². The first-order valence-electron chi connectivity index (χ1n) is 6.17. The summed E-state index contributed by atoms with van der Waals surface area (Å²) in [6, 6.07) is 4.81. The van der Waals surface area contributed by atoms with Gasteiger partial charge >= 0.3 is 0 Å². The molecule has 0 atom stereocenters. The van der Waals surface area contributed by atoms with Crippen LogP contribution < -0.4 is 5.32 Å². The molecule has 0 radical (unpaired) electrons. The molecule has 0 aromatic carbocycles. The Balaban J connectivity index is 1.74. The third-order valence-electron chi connectivity index (χ3n) is 3.36. The number of pyridine rings is 1. The summed E-state index contributed by atoms with van der Waals surface area (Å²) in [5, 5.41) is 3.34. The molecule has 1 aromatic heterocycles. The zero-order chi connectivity index (χ0) is 12.1. The lowest BCUT2D eigenvalue weighted by Gasteiger charge is -2.28. The van der Waals surface area contributed by atoms with E-state index < -0.39 is 0 Å². The van der Waals surface area contributed by atoms with Crippen LogP contribution in [-0.2, 0) is 11.3 Å². The van der Waals surface area contributed by atoms with Crippen LogP contribution in [0.5, 0.6) is 0 Å². The first-order valence-corrected chi connectivity index (χ1v) is 7.25. The number of nitrogens with one attached hydrogen (secondary N) is 1. The molecular formula is C13H19IN2O. The van der Waals surface area contributed by atoms with Crippen molar-refractivity contribution in [2.45, 2.75) is 44.4 Å². The second-order valence-corrected chi connectivity index (χ2v) is 5.67. The van der Waals surface area contributed by atoms with E-state index in [0.29, 0.717) is 18.8 Å². The quantitative estimate of drug-likeness (QED) is 0.673. The normalized spacial score (nSPS) is 24.8. The van der Waals surface area contributed by atoms with Crippen molar-refractivity contribution in [1.29, 1.82) is 0 Å². The molecular weight excluding hydrogens is 327 g/mol. The number of ether oxygens (including phenoxy) is 1. The maximum absolute atomic E-state index is 5.93. The van der Waals surface area contributed by atoms with Crippen LogP contribution in [0.15, 0.2) is 18.3 Å². The van der Waals surface area contributed by atoms with Gasteiger partial charge in [0.25, 0.3) is 0 Å². The summed E-state index contributed by atoms with van der Waals surface area (Å²) < 4.78 is 6.96. The standard InChI is InChI=1S/C13H19IN2O/c1-15-11-3-5-12(6-4-11)17-9-10-2-7-13(14)16-8-10/h2,7-8,11-12,15H,3-6,9H2,1H3/t11-,12+. The van der Waals surface area contributed by atoms with Crippen molar-refractivity contribution in [2.75, 3.05) is 7.05 Å². The number of rotatable bonds is 4. The van der Waals surface area contributed by atoms with Crippen LogP contribution in [0.4, 0.5) is 0 Å². The molecule has 0 spiro atoms. The highest BCUT2D eigenvalue weighted by molar-refractivity contribution is 14.1. The molecule has 1 aliphatic carbocycles. The van der Waals surface area contributed by atoms with E-state index in [0.717, 1.165) is 3.70 Å². The molecule has 1 heterocycles. The van der Waals surface area contributed by atoms with Crippen molar-refractivity contribution >= 4 is 22.6 Å². The van der Waals surface area contributed by atoms with Crippen LogP contribution >= 0.6 is 22.6 Å². The molecule has 0 amide bonds. The smallest absolute Gasteiger partial charge is 0.101 e. The highest BCUT2D eigenvalue weighted by Crippen LogP contribution is 2.21. The van der Waals surface area contributed by atoms with Crippen molar-refractivity contribution in [3.63, 3.8) is 0 Å². The van der Waals surface area contributed by atoms with E-state index >= 15 is 0 Å². The van der Waals surface area contributed by atoms with Gasteiger partial charge in [-0.1, -0.05) is 6.07 Å². The maximum atomic E-state index is 5.93. The Bertz CT molecular complexity index is 334. The average molecular weight is 346 g/mol. The minimum atomic E-state index is 0.430. The predicted molar refractivity (Wildman–Crippen MR) is 76.8 cm³/mol. The lowest BCUT2D eigenvalue weighted by molar-refractivity contribution is 0.0117. The van der Waals surface area contributed by atoms with E-state index in [1.54, 1.807) is 0 Å². The fourth-order valence-electron chi connectivity index (χ4n) is 2.22. The van der Waals surface area contributed by atoms with Crippen molar-refractivity contribution in [1.82, 2.24) is 10.3 Å². The Morgan fingerprint density at radius 3 is 2.71 bits per heavy atom. The van der Waals surface area contributed by atoms with Crippen molar-refractivity contribution in [3.05, 3.63) is 27.6 Å². The van der Waals surface area contributed by atoms with E-state index in [4.69, 9.17) is 4.74 Å². The van der Waals surface area contributed by atoms with Gasteiger partial charge in [0.2, 0.25) is 0 Å². The molecule has 1 fully saturated rings. The summed E-state index contributed by atoms with van der Waals surface area (Å²) in [5.41, 5.74) is 1.17. The first-order chi connectivity index (χ1) is 8.28. The van der Waals surface area contributed by atoms with E-state index in [9.17, 15) is 0 Å². The lowest BCUT2D eigenvalue weighted by atomic mass is 9.93. The Morgan fingerprint density at radius 2 is 2.12 bits per heavy atom. The molecule has 1 saturated carbocycles. The average Bonchev–Trinajstić information content (AvgIpc) is 2.39. The highest BCUT2D eigenvalue weighted by atomic mass is 127. The summed E-state index contributed by atoms with van der Waals surface area (Å²) in [4.78, 5) is 4.26. The van der Waals surface area contributed by atoms with Gasteiger partial charge in [0, 0.05) is 12.2 Å². The van der Waals surface area contributed by atoms with Gasteiger partial charge in [-0.15, -0.1) is 0 Å². The molecule has 4 heteroatoms. The Morgan fingerprint density at radius 1 is 1.35 bits per heavy atom. The summed E-state index contributed by atoms with van der Waals surface area (Å²) in [6.07, 6.45) is 7.13. The van der Waals surface area contributed by atoms with Crippen molar-refractivity contribution < 1.29 is 4.74 Å². The van der Waals surface area contributed by atoms with Crippen LogP contribution in [0.3, 0.4) is 0 Å². The van der Waals surface area contributed by atoms with E-state index in [1.165, 1.54) is 31.2 Å². The van der Waals surface area contributed by atoms with Crippen molar-refractivity contribution in [3.8, 4) is 0 Å². The summed E-state index contributed by atoms with van der Waals surface area (Å²) in [5.74, 6) is 0. The molecule has 17 heavy (non-hydrogen) atoms. The summed E-state index contributed by atoms with van der Waals surface area (Å²) in [7, 11) is 2.04. The fraction of sp³-hybridized carbons (Fsp3) is 0.615. The van der Waals surface area contributed by atoms with Gasteiger partial charge in [0.1, 0.15) is 3.70 Å².